The highest BCUT2D eigenvalue weighted by atomic mass is 19.4. The molecule has 0 saturated carbocycles. The molecule has 0 atom stereocenters. The first-order valence-corrected chi connectivity index (χ1v) is 9.55. The molecule has 0 spiro atoms. The van der Waals surface area contributed by atoms with E-state index < -0.39 is 11.7 Å². The summed E-state index contributed by atoms with van der Waals surface area (Å²) < 4.78 is 51.3. The Labute approximate surface area is 166 Å². The number of likely N-dealkylation sites (tertiary alicyclic amines) is 1. The van der Waals surface area contributed by atoms with E-state index in [1.165, 1.54) is 6.92 Å². The van der Waals surface area contributed by atoms with Gasteiger partial charge in [0.1, 0.15) is 5.75 Å². The van der Waals surface area contributed by atoms with E-state index in [1.807, 2.05) is 24.3 Å². The van der Waals surface area contributed by atoms with Crippen molar-refractivity contribution in [3.63, 3.8) is 0 Å². The molecule has 1 aliphatic rings. The predicted molar refractivity (Wildman–Crippen MR) is 102 cm³/mol. The second-order valence-corrected chi connectivity index (χ2v) is 7.42. The normalized spacial score (nSPS) is 16.4. The van der Waals surface area contributed by atoms with Crippen molar-refractivity contribution >= 4 is 11.1 Å². The number of benzene rings is 1. The van der Waals surface area contributed by atoms with Crippen molar-refractivity contribution in [2.45, 2.75) is 38.4 Å². The molecule has 3 aromatic rings. The maximum atomic E-state index is 13.6. The highest BCUT2D eigenvalue weighted by Gasteiger charge is 2.37. The van der Waals surface area contributed by atoms with Gasteiger partial charge in [-0.25, -0.2) is 4.98 Å². The molecular weight excluding hydrogens is 383 g/mol. The van der Waals surface area contributed by atoms with E-state index in [0.29, 0.717) is 18.5 Å². The van der Waals surface area contributed by atoms with Crippen molar-refractivity contribution in [2.75, 3.05) is 20.2 Å². The van der Waals surface area contributed by atoms with Gasteiger partial charge >= 0.3 is 6.18 Å². The van der Waals surface area contributed by atoms with Crippen LogP contribution in [-0.2, 0) is 12.7 Å². The minimum Gasteiger partial charge on any atom is -0.496 e. The molecule has 3 heterocycles. The Kier molecular flexibility index (Phi) is 5.21. The third-order valence-electron chi connectivity index (χ3n) is 5.47. The van der Waals surface area contributed by atoms with Gasteiger partial charge in [-0.3, -0.25) is 4.90 Å². The number of halogens is 3. The lowest BCUT2D eigenvalue weighted by Crippen LogP contribution is -2.32. The van der Waals surface area contributed by atoms with E-state index in [9.17, 15) is 13.2 Å². The number of pyridine rings is 1. The summed E-state index contributed by atoms with van der Waals surface area (Å²) in [5, 5.41) is 4.00. The molecule has 0 unspecified atom stereocenters. The molecule has 4 rings (SSSR count). The Hall–Kier alpha value is -2.61. The van der Waals surface area contributed by atoms with E-state index in [0.717, 1.165) is 37.0 Å². The molecule has 154 valence electrons. The van der Waals surface area contributed by atoms with Gasteiger partial charge in [-0.1, -0.05) is 23.4 Å². The minimum atomic E-state index is -4.48. The summed E-state index contributed by atoms with van der Waals surface area (Å²) in [6, 6.07) is 8.93. The van der Waals surface area contributed by atoms with E-state index in [1.54, 1.807) is 7.11 Å². The van der Waals surface area contributed by atoms with Gasteiger partial charge in [0.15, 0.2) is 0 Å². The molecule has 5 nitrogen and oxygen atoms in total. The fraction of sp³-hybridized carbons (Fsp3) is 0.429. The molecule has 2 aromatic heterocycles. The highest BCUT2D eigenvalue weighted by molar-refractivity contribution is 5.81. The Morgan fingerprint density at radius 3 is 2.62 bits per heavy atom. The van der Waals surface area contributed by atoms with Crippen LogP contribution in [0.3, 0.4) is 0 Å². The zero-order valence-electron chi connectivity index (χ0n) is 16.3. The van der Waals surface area contributed by atoms with Gasteiger partial charge in [-0.2, -0.15) is 13.2 Å². The number of hydrogen-bond acceptors (Lipinski definition) is 5. The summed E-state index contributed by atoms with van der Waals surface area (Å²) in [6.07, 6.45) is -3.05. The molecule has 0 radical (unpaired) electrons. The first-order chi connectivity index (χ1) is 13.9. The van der Waals surface area contributed by atoms with Crippen molar-refractivity contribution in [1.29, 1.82) is 0 Å². The number of nitrogens with zero attached hydrogens (tertiary/aromatic N) is 3. The van der Waals surface area contributed by atoms with Crippen molar-refractivity contribution in [3.05, 3.63) is 52.8 Å². The maximum Gasteiger partial charge on any atom is 0.417 e. The number of piperidine rings is 1. The molecule has 8 heteroatoms. The van der Waals surface area contributed by atoms with Crippen LogP contribution >= 0.6 is 0 Å². The molecule has 0 bridgehead atoms. The van der Waals surface area contributed by atoms with Crippen molar-refractivity contribution in [2.24, 2.45) is 0 Å². The Morgan fingerprint density at radius 1 is 1.21 bits per heavy atom. The van der Waals surface area contributed by atoms with Crippen LogP contribution in [-0.4, -0.2) is 35.2 Å². The summed E-state index contributed by atoms with van der Waals surface area (Å²) in [4.78, 5) is 6.38. The van der Waals surface area contributed by atoms with E-state index in [-0.39, 0.29) is 22.7 Å². The zero-order chi connectivity index (χ0) is 20.6. The quantitative estimate of drug-likeness (QED) is 0.616. The standard InChI is InChI=1S/C21H22F3N3O2/c1-13-11-16(21(22,23)24)18-19(26-29-20(18)25-13)14-7-9-27(10-8-14)12-15-5-3-4-6-17(15)28-2/h3-6,11,14H,7-10,12H2,1-2H3. The largest absolute Gasteiger partial charge is 0.496 e. The van der Waals surface area contributed by atoms with Gasteiger partial charge in [0.2, 0.25) is 0 Å². The van der Waals surface area contributed by atoms with Crippen LogP contribution in [0.1, 0.15) is 41.3 Å². The van der Waals surface area contributed by atoms with Gasteiger partial charge in [-0.05, 0) is 45.0 Å². The monoisotopic (exact) mass is 405 g/mol. The first kappa shape index (κ1) is 19.7. The fourth-order valence-electron chi connectivity index (χ4n) is 4.04. The molecule has 1 fully saturated rings. The van der Waals surface area contributed by atoms with Crippen molar-refractivity contribution in [1.82, 2.24) is 15.0 Å². The molecule has 0 aliphatic carbocycles. The zero-order valence-corrected chi connectivity index (χ0v) is 16.3. The van der Waals surface area contributed by atoms with Gasteiger partial charge in [0.25, 0.3) is 5.71 Å². The van der Waals surface area contributed by atoms with Crippen LogP contribution in [0, 0.1) is 6.92 Å². The average molecular weight is 405 g/mol. The smallest absolute Gasteiger partial charge is 0.417 e. The summed E-state index contributed by atoms with van der Waals surface area (Å²) in [5.74, 6) is 0.754. The number of aryl methyl sites for hydroxylation is 1. The van der Waals surface area contributed by atoms with Gasteiger partial charge in [-0.15, -0.1) is 0 Å². The van der Waals surface area contributed by atoms with Gasteiger partial charge < -0.3 is 9.26 Å². The summed E-state index contributed by atoms with van der Waals surface area (Å²) in [7, 11) is 1.65. The first-order valence-electron chi connectivity index (χ1n) is 9.55. The topological polar surface area (TPSA) is 51.4 Å². The van der Waals surface area contributed by atoms with Crippen LogP contribution in [0.2, 0.25) is 0 Å². The average Bonchev–Trinajstić information content (AvgIpc) is 3.11. The number of rotatable bonds is 4. The SMILES string of the molecule is COc1ccccc1CN1CCC(c2noc3nc(C)cc(C(F)(F)F)c23)CC1. The van der Waals surface area contributed by atoms with Crippen LogP contribution in [0.5, 0.6) is 5.75 Å². The van der Waals surface area contributed by atoms with E-state index >= 15 is 0 Å². The molecule has 0 N–H and O–H groups in total. The Balaban J connectivity index is 1.54. The van der Waals surface area contributed by atoms with Crippen LogP contribution in [0.25, 0.3) is 11.1 Å². The summed E-state index contributed by atoms with van der Waals surface area (Å²) in [5.41, 5.74) is 0.978. The van der Waals surface area contributed by atoms with E-state index in [4.69, 9.17) is 9.26 Å². The van der Waals surface area contributed by atoms with E-state index in [2.05, 4.69) is 15.0 Å². The second-order valence-electron chi connectivity index (χ2n) is 7.42. The number of fused-ring (bicyclic) bond motifs is 1. The van der Waals surface area contributed by atoms with Gasteiger partial charge in [0.05, 0.1) is 23.8 Å². The number of alkyl halides is 3. The lowest BCUT2D eigenvalue weighted by Gasteiger charge is -2.31. The highest BCUT2D eigenvalue weighted by Crippen LogP contribution is 2.40. The number of hydrogen-bond donors (Lipinski definition) is 0. The van der Waals surface area contributed by atoms with Crippen LogP contribution in [0.4, 0.5) is 13.2 Å². The third kappa shape index (κ3) is 3.94. The number of para-hydroxylation sites is 1. The number of methoxy groups -OCH3 is 1. The molecule has 1 saturated heterocycles. The van der Waals surface area contributed by atoms with Crippen LogP contribution in [0.15, 0.2) is 34.9 Å². The Bertz CT molecular complexity index is 1010. The molecule has 1 aromatic carbocycles. The lowest BCUT2D eigenvalue weighted by atomic mass is 9.90. The lowest BCUT2D eigenvalue weighted by molar-refractivity contribution is -0.136. The molecule has 0 amide bonds. The van der Waals surface area contributed by atoms with Crippen molar-refractivity contribution in [3.8, 4) is 5.75 Å². The second kappa shape index (κ2) is 7.67. The third-order valence-corrected chi connectivity index (χ3v) is 5.47. The van der Waals surface area contributed by atoms with Gasteiger partial charge in [0, 0.05) is 23.7 Å². The Morgan fingerprint density at radius 2 is 1.93 bits per heavy atom. The maximum absolute atomic E-state index is 13.6. The molecular formula is C21H22F3N3O2. The predicted octanol–water partition coefficient (Wildman–Crippen LogP) is 4.94. The molecule has 1 aliphatic heterocycles. The summed E-state index contributed by atoms with van der Waals surface area (Å²) in [6.45, 7) is 3.79. The fourth-order valence-corrected chi connectivity index (χ4v) is 4.04. The van der Waals surface area contributed by atoms with Crippen molar-refractivity contribution < 1.29 is 22.4 Å². The molecule has 29 heavy (non-hydrogen) atoms. The van der Waals surface area contributed by atoms with Crippen LogP contribution < -0.4 is 4.74 Å². The minimum absolute atomic E-state index is 0.00581. The summed E-state index contributed by atoms with van der Waals surface area (Å²) >= 11 is 0. The number of aromatic nitrogens is 2. The number of ether oxygens (including phenoxy) is 1.